The first kappa shape index (κ1) is 27.7. The van der Waals surface area contributed by atoms with Crippen molar-refractivity contribution >= 4 is 17.8 Å². The lowest BCUT2D eigenvalue weighted by molar-refractivity contribution is -0.143. The Kier molecular flexibility index (Phi) is 8.19. The Labute approximate surface area is 224 Å². The summed E-state index contributed by atoms with van der Waals surface area (Å²) in [7, 11) is 1.45. The maximum atomic E-state index is 13.6. The van der Waals surface area contributed by atoms with Crippen LogP contribution in [0, 0.1) is 40.4 Å². The number of rotatable bonds is 8. The second kappa shape index (κ2) is 11.2. The summed E-state index contributed by atoms with van der Waals surface area (Å²) >= 11 is 0. The molecule has 206 valence electrons. The zero-order valence-electron chi connectivity index (χ0n) is 22.7. The molecule has 0 radical (unpaired) electrons. The summed E-state index contributed by atoms with van der Waals surface area (Å²) in [5.41, 5.74) is 0.459. The molecule has 0 saturated heterocycles. The molecule has 38 heavy (non-hydrogen) atoms. The van der Waals surface area contributed by atoms with Crippen molar-refractivity contribution in [2.24, 2.45) is 29.1 Å². The average molecular weight is 526 g/mol. The summed E-state index contributed by atoms with van der Waals surface area (Å²) in [6, 6.07) is 4.89. The zero-order chi connectivity index (χ0) is 27.6. The highest BCUT2D eigenvalue weighted by Gasteiger charge is 2.51. The topological polar surface area (TPSA) is 138 Å². The monoisotopic (exact) mass is 525 g/mol. The number of aliphatic carboxylic acids is 1. The summed E-state index contributed by atoms with van der Waals surface area (Å²) in [6.45, 7) is 6.78. The van der Waals surface area contributed by atoms with Crippen molar-refractivity contribution in [2.45, 2.75) is 77.9 Å². The highest BCUT2D eigenvalue weighted by Crippen LogP contribution is 2.49. The summed E-state index contributed by atoms with van der Waals surface area (Å²) < 4.78 is 11.6. The Hall–Kier alpha value is -3.28. The van der Waals surface area contributed by atoms with E-state index in [1.807, 2.05) is 0 Å². The lowest BCUT2D eigenvalue weighted by atomic mass is 9.83. The quantitative estimate of drug-likeness (QED) is 0.468. The second-order valence-corrected chi connectivity index (χ2v) is 12.2. The van der Waals surface area contributed by atoms with E-state index in [0.29, 0.717) is 32.2 Å². The zero-order valence-corrected chi connectivity index (χ0v) is 22.7. The van der Waals surface area contributed by atoms with Gasteiger partial charge in [-0.05, 0) is 68.3 Å². The molecule has 2 amide bonds. The number of hydrogen-bond donors (Lipinski definition) is 3. The summed E-state index contributed by atoms with van der Waals surface area (Å²) in [6.07, 6.45) is 4.81. The van der Waals surface area contributed by atoms with E-state index in [9.17, 15) is 24.8 Å². The predicted molar refractivity (Wildman–Crippen MR) is 140 cm³/mol. The Morgan fingerprint density at radius 1 is 1.05 bits per heavy atom. The number of methoxy groups -OCH3 is 1. The molecule has 3 fully saturated rings. The molecule has 4 atom stereocenters. The van der Waals surface area contributed by atoms with Gasteiger partial charge in [0.1, 0.15) is 17.6 Å². The number of carbonyl (C=O) groups is 3. The van der Waals surface area contributed by atoms with E-state index in [1.54, 1.807) is 0 Å². The molecule has 4 rings (SSSR count). The van der Waals surface area contributed by atoms with Gasteiger partial charge in [0.2, 0.25) is 5.91 Å². The van der Waals surface area contributed by atoms with Gasteiger partial charge in [0.25, 0.3) is 5.91 Å². The van der Waals surface area contributed by atoms with Crippen LogP contribution in [0.1, 0.15) is 81.6 Å². The summed E-state index contributed by atoms with van der Waals surface area (Å²) in [5.74, 6) is -0.769. The van der Waals surface area contributed by atoms with Gasteiger partial charge in [-0.25, -0.2) is 0 Å². The minimum Gasteiger partial charge on any atom is -0.496 e. The number of nitrogens with zero attached hydrogens (tertiary/aromatic N) is 1. The molecule has 0 aliphatic heterocycles. The van der Waals surface area contributed by atoms with Crippen LogP contribution in [0.4, 0.5) is 0 Å². The van der Waals surface area contributed by atoms with Gasteiger partial charge in [0.15, 0.2) is 0 Å². The molecule has 3 aliphatic carbocycles. The third-order valence-corrected chi connectivity index (χ3v) is 8.29. The number of ether oxygens (including phenoxy) is 2. The van der Waals surface area contributed by atoms with E-state index in [0.717, 1.165) is 19.3 Å². The first-order valence-electron chi connectivity index (χ1n) is 13.6. The van der Waals surface area contributed by atoms with E-state index >= 15 is 0 Å². The molecule has 0 spiro atoms. The molecule has 9 nitrogen and oxygen atoms in total. The van der Waals surface area contributed by atoms with Crippen LogP contribution in [0.5, 0.6) is 11.5 Å². The van der Waals surface area contributed by atoms with Crippen molar-refractivity contribution in [1.29, 1.82) is 5.26 Å². The Bertz CT molecular complexity index is 1110. The number of amides is 2. The van der Waals surface area contributed by atoms with Gasteiger partial charge < -0.3 is 25.2 Å². The Morgan fingerprint density at radius 3 is 2.34 bits per heavy atom. The number of nitriles is 1. The van der Waals surface area contributed by atoms with Crippen molar-refractivity contribution in [3.63, 3.8) is 0 Å². The molecule has 4 unspecified atom stereocenters. The Morgan fingerprint density at radius 2 is 1.74 bits per heavy atom. The van der Waals surface area contributed by atoms with E-state index in [4.69, 9.17) is 9.47 Å². The first-order chi connectivity index (χ1) is 18.0. The van der Waals surface area contributed by atoms with E-state index < -0.39 is 5.97 Å². The number of carboxylic acids is 1. The van der Waals surface area contributed by atoms with Crippen molar-refractivity contribution in [1.82, 2.24) is 10.6 Å². The molecule has 1 aromatic rings. The molecular weight excluding hydrogens is 486 g/mol. The number of carboxylic acid groups (broad SMARTS) is 1. The van der Waals surface area contributed by atoms with Crippen LogP contribution in [0.3, 0.4) is 0 Å². The van der Waals surface area contributed by atoms with E-state index in [1.165, 1.54) is 19.2 Å². The van der Waals surface area contributed by atoms with Crippen LogP contribution in [0.25, 0.3) is 0 Å². The SMILES string of the molecule is COc1cc(C#N)c(OC2CCC(C(=O)O)CC2)cc1C(=O)NC1C2CCC(C2)C1C(=O)NCC(C)(C)C. The molecule has 9 heteroatoms. The normalized spacial score (nSPS) is 28.3. The van der Waals surface area contributed by atoms with Crippen LogP contribution < -0.4 is 20.1 Å². The lowest BCUT2D eigenvalue weighted by Crippen LogP contribution is -2.50. The molecular formula is C29H39N3O6. The van der Waals surface area contributed by atoms with Crippen LogP contribution in [0.2, 0.25) is 0 Å². The van der Waals surface area contributed by atoms with Gasteiger partial charge in [0.05, 0.1) is 36.2 Å². The fraction of sp³-hybridized carbons (Fsp3) is 0.655. The highest BCUT2D eigenvalue weighted by atomic mass is 16.5. The van der Waals surface area contributed by atoms with Crippen LogP contribution >= 0.6 is 0 Å². The molecule has 2 bridgehead atoms. The number of carbonyl (C=O) groups excluding carboxylic acids is 2. The van der Waals surface area contributed by atoms with Gasteiger partial charge >= 0.3 is 5.97 Å². The van der Waals surface area contributed by atoms with E-state index in [2.05, 4.69) is 37.5 Å². The number of benzene rings is 1. The van der Waals surface area contributed by atoms with Crippen LogP contribution in [-0.4, -0.2) is 48.7 Å². The maximum absolute atomic E-state index is 13.6. The molecule has 3 saturated carbocycles. The van der Waals surface area contributed by atoms with Crippen molar-refractivity contribution < 1.29 is 29.0 Å². The summed E-state index contributed by atoms with van der Waals surface area (Å²) in [5, 5.41) is 25.2. The average Bonchev–Trinajstić information content (AvgIpc) is 3.49. The number of nitrogens with one attached hydrogen (secondary N) is 2. The largest absolute Gasteiger partial charge is 0.496 e. The van der Waals surface area contributed by atoms with Gasteiger partial charge in [-0.1, -0.05) is 20.8 Å². The Balaban J connectivity index is 1.51. The van der Waals surface area contributed by atoms with Gasteiger partial charge in [-0.2, -0.15) is 5.26 Å². The van der Waals surface area contributed by atoms with Gasteiger partial charge in [0, 0.05) is 18.7 Å². The smallest absolute Gasteiger partial charge is 0.306 e. The lowest BCUT2D eigenvalue weighted by Gasteiger charge is -2.32. The van der Waals surface area contributed by atoms with Crippen LogP contribution in [0.15, 0.2) is 12.1 Å². The third-order valence-electron chi connectivity index (χ3n) is 8.29. The molecule has 3 N–H and O–H groups in total. The third kappa shape index (κ3) is 6.06. The highest BCUT2D eigenvalue weighted by molar-refractivity contribution is 5.98. The molecule has 3 aliphatic rings. The predicted octanol–water partition coefficient (Wildman–Crippen LogP) is 3.90. The van der Waals surface area contributed by atoms with E-state index in [-0.39, 0.29) is 75.7 Å². The van der Waals surface area contributed by atoms with Crippen LogP contribution in [-0.2, 0) is 9.59 Å². The molecule has 0 heterocycles. The van der Waals surface area contributed by atoms with Crippen molar-refractivity contribution in [3.8, 4) is 17.6 Å². The first-order valence-corrected chi connectivity index (χ1v) is 13.6. The second-order valence-electron chi connectivity index (χ2n) is 12.2. The summed E-state index contributed by atoms with van der Waals surface area (Å²) in [4.78, 5) is 38.0. The van der Waals surface area contributed by atoms with Crippen molar-refractivity contribution in [2.75, 3.05) is 13.7 Å². The van der Waals surface area contributed by atoms with Crippen molar-refractivity contribution in [3.05, 3.63) is 23.3 Å². The number of fused-ring (bicyclic) bond motifs is 2. The van der Waals surface area contributed by atoms with Gasteiger partial charge in [-0.15, -0.1) is 0 Å². The molecule has 1 aromatic carbocycles. The molecule has 0 aromatic heterocycles. The standard InChI is InChI=1S/C29H39N3O6/c1-29(2,3)15-31-27(34)24-17-5-6-18(11-17)25(24)32-26(33)21-13-22(19(14-30)12-23(21)37-4)38-20-9-7-16(8-10-20)28(35)36/h12-13,16-18,20,24-25H,5-11,15H2,1-4H3,(H,31,34)(H,32,33)(H,35,36). The minimum atomic E-state index is -0.796. The minimum absolute atomic E-state index is 0.00907. The fourth-order valence-electron chi connectivity index (χ4n) is 6.27. The maximum Gasteiger partial charge on any atom is 0.306 e. The van der Waals surface area contributed by atoms with Gasteiger partial charge in [-0.3, -0.25) is 14.4 Å². The fourth-order valence-corrected chi connectivity index (χ4v) is 6.27. The number of hydrogen-bond acceptors (Lipinski definition) is 6.